The van der Waals surface area contributed by atoms with E-state index < -0.39 is 5.82 Å². The van der Waals surface area contributed by atoms with E-state index in [1.165, 1.54) is 13.2 Å². The molecule has 0 spiro atoms. The number of rotatable bonds is 4. The highest BCUT2D eigenvalue weighted by Gasteiger charge is 2.03. The van der Waals surface area contributed by atoms with Gasteiger partial charge in [0.05, 0.1) is 7.11 Å². The molecule has 2 rings (SSSR count). The minimum Gasteiger partial charge on any atom is -0.494 e. The normalized spacial score (nSPS) is 9.74. The summed E-state index contributed by atoms with van der Waals surface area (Å²) < 4.78 is 18.3. The van der Waals surface area contributed by atoms with Crippen LogP contribution in [-0.4, -0.2) is 12.1 Å². The number of hydrogen-bond acceptors (Lipinski definition) is 4. The Morgan fingerprint density at radius 1 is 1.37 bits per heavy atom. The van der Waals surface area contributed by atoms with E-state index >= 15 is 0 Å². The highest BCUT2D eigenvalue weighted by Crippen LogP contribution is 2.21. The molecular formula is C14H12FN3O. The molecule has 0 saturated heterocycles. The van der Waals surface area contributed by atoms with Gasteiger partial charge in [0.1, 0.15) is 11.8 Å². The van der Waals surface area contributed by atoms with E-state index in [0.717, 1.165) is 5.56 Å². The Morgan fingerprint density at radius 2 is 2.21 bits per heavy atom. The molecule has 96 valence electrons. The summed E-state index contributed by atoms with van der Waals surface area (Å²) in [6.07, 6.45) is 1.57. The molecule has 19 heavy (non-hydrogen) atoms. The summed E-state index contributed by atoms with van der Waals surface area (Å²) in [5, 5.41) is 11.8. The van der Waals surface area contributed by atoms with Crippen LogP contribution in [0.5, 0.6) is 5.75 Å². The molecule has 0 bridgehead atoms. The van der Waals surface area contributed by atoms with Crippen LogP contribution in [0.15, 0.2) is 36.5 Å². The number of methoxy groups -OCH3 is 1. The van der Waals surface area contributed by atoms with E-state index in [1.54, 1.807) is 30.5 Å². The van der Waals surface area contributed by atoms with Gasteiger partial charge in [-0.3, -0.25) is 0 Å². The summed E-state index contributed by atoms with van der Waals surface area (Å²) in [6.45, 7) is 0.489. The van der Waals surface area contributed by atoms with E-state index in [2.05, 4.69) is 10.3 Å². The van der Waals surface area contributed by atoms with Crippen molar-refractivity contribution in [3.05, 3.63) is 53.6 Å². The molecule has 5 heteroatoms. The third-order valence-corrected chi connectivity index (χ3v) is 2.59. The molecule has 0 aliphatic heterocycles. The lowest BCUT2D eigenvalue weighted by Gasteiger charge is -2.08. The fourth-order valence-corrected chi connectivity index (χ4v) is 1.63. The van der Waals surface area contributed by atoms with E-state index in [4.69, 9.17) is 10.00 Å². The number of aromatic nitrogens is 1. The second kappa shape index (κ2) is 5.83. The van der Waals surface area contributed by atoms with Crippen LogP contribution >= 0.6 is 0 Å². The predicted octanol–water partition coefficient (Wildman–Crippen LogP) is 2.71. The lowest BCUT2D eigenvalue weighted by Crippen LogP contribution is -2.01. The molecule has 0 amide bonds. The molecule has 0 fully saturated rings. The van der Waals surface area contributed by atoms with Crippen molar-refractivity contribution in [1.29, 1.82) is 5.26 Å². The molecule has 1 N–H and O–H groups in total. The van der Waals surface area contributed by atoms with Crippen LogP contribution in [0.1, 0.15) is 11.3 Å². The Bertz CT molecular complexity index is 622. The van der Waals surface area contributed by atoms with Crippen molar-refractivity contribution in [3.8, 4) is 11.8 Å². The van der Waals surface area contributed by atoms with Gasteiger partial charge >= 0.3 is 0 Å². The smallest absolute Gasteiger partial charge is 0.167 e. The number of ether oxygens (including phenoxy) is 1. The van der Waals surface area contributed by atoms with Gasteiger partial charge in [-0.15, -0.1) is 0 Å². The number of anilines is 1. The van der Waals surface area contributed by atoms with E-state index in [0.29, 0.717) is 17.9 Å². The van der Waals surface area contributed by atoms with E-state index in [9.17, 15) is 4.39 Å². The van der Waals surface area contributed by atoms with Crippen molar-refractivity contribution >= 4 is 5.69 Å². The summed E-state index contributed by atoms with van der Waals surface area (Å²) in [6, 6.07) is 10.1. The Labute approximate surface area is 110 Å². The highest BCUT2D eigenvalue weighted by atomic mass is 19.1. The molecule has 1 aromatic heterocycles. The zero-order chi connectivity index (χ0) is 13.7. The number of nitrogens with zero attached hydrogens (tertiary/aromatic N) is 2. The average molecular weight is 257 g/mol. The monoisotopic (exact) mass is 257 g/mol. The maximum absolute atomic E-state index is 13.5. The molecule has 0 aliphatic rings. The van der Waals surface area contributed by atoms with Gasteiger partial charge in [-0.2, -0.15) is 5.26 Å². The van der Waals surface area contributed by atoms with E-state index in [-0.39, 0.29) is 5.75 Å². The van der Waals surface area contributed by atoms with Crippen molar-refractivity contribution in [3.63, 3.8) is 0 Å². The number of nitrogens with one attached hydrogen (secondary N) is 1. The number of halogens is 1. The molecule has 0 saturated carbocycles. The van der Waals surface area contributed by atoms with Gasteiger partial charge in [0.15, 0.2) is 11.6 Å². The van der Waals surface area contributed by atoms with E-state index in [1.807, 2.05) is 6.07 Å². The first-order valence-electron chi connectivity index (χ1n) is 5.65. The molecule has 0 atom stereocenters. The minimum atomic E-state index is -0.417. The van der Waals surface area contributed by atoms with Crippen molar-refractivity contribution < 1.29 is 9.13 Å². The minimum absolute atomic E-state index is 0.209. The molecule has 0 radical (unpaired) electrons. The van der Waals surface area contributed by atoms with Crippen molar-refractivity contribution in [2.75, 3.05) is 12.4 Å². The maximum atomic E-state index is 13.5. The largest absolute Gasteiger partial charge is 0.494 e. The first-order chi connectivity index (χ1) is 9.22. The van der Waals surface area contributed by atoms with Gasteiger partial charge < -0.3 is 10.1 Å². The first-order valence-corrected chi connectivity index (χ1v) is 5.65. The third kappa shape index (κ3) is 3.19. The Morgan fingerprint density at radius 3 is 2.89 bits per heavy atom. The van der Waals surface area contributed by atoms with Crippen LogP contribution < -0.4 is 10.1 Å². The second-order valence-electron chi connectivity index (χ2n) is 3.86. The highest BCUT2D eigenvalue weighted by molar-refractivity contribution is 5.47. The van der Waals surface area contributed by atoms with Crippen molar-refractivity contribution in [2.24, 2.45) is 0 Å². The molecule has 1 heterocycles. The Hall–Kier alpha value is -2.61. The maximum Gasteiger partial charge on any atom is 0.167 e. The quantitative estimate of drug-likeness (QED) is 0.914. The zero-order valence-electron chi connectivity index (χ0n) is 10.4. The third-order valence-electron chi connectivity index (χ3n) is 2.59. The summed E-state index contributed by atoms with van der Waals surface area (Å²) >= 11 is 0. The Balaban J connectivity index is 2.06. The van der Waals surface area contributed by atoms with Crippen LogP contribution in [0, 0.1) is 17.1 Å². The summed E-state index contributed by atoms with van der Waals surface area (Å²) in [5.74, 6) is -0.207. The number of nitriles is 1. The summed E-state index contributed by atoms with van der Waals surface area (Å²) in [5.41, 5.74) is 1.91. The number of benzene rings is 1. The van der Waals surface area contributed by atoms with Crippen LogP contribution in [0.2, 0.25) is 0 Å². The molecule has 2 aromatic rings. The standard InChI is InChI=1S/C14H12FN3O/c1-19-14-3-2-11(7-13(14)15)18-9-10-4-5-17-12(6-10)8-16/h2-7,18H,9H2,1H3. The molecule has 4 nitrogen and oxygen atoms in total. The molecule has 0 unspecified atom stereocenters. The van der Waals surface area contributed by atoms with Crippen molar-refractivity contribution in [1.82, 2.24) is 4.98 Å². The average Bonchev–Trinajstić information content (AvgIpc) is 2.45. The summed E-state index contributed by atoms with van der Waals surface area (Å²) in [4.78, 5) is 3.88. The number of pyridine rings is 1. The zero-order valence-corrected chi connectivity index (χ0v) is 10.4. The van der Waals surface area contributed by atoms with Gasteiger partial charge in [0, 0.05) is 24.5 Å². The van der Waals surface area contributed by atoms with Crippen LogP contribution in [0.3, 0.4) is 0 Å². The molecule has 0 aliphatic carbocycles. The van der Waals surface area contributed by atoms with Gasteiger partial charge in [0.25, 0.3) is 0 Å². The van der Waals surface area contributed by atoms with Gasteiger partial charge in [-0.05, 0) is 29.8 Å². The van der Waals surface area contributed by atoms with Gasteiger partial charge in [-0.1, -0.05) is 0 Å². The SMILES string of the molecule is COc1ccc(NCc2ccnc(C#N)c2)cc1F. The topological polar surface area (TPSA) is 57.9 Å². The van der Waals surface area contributed by atoms with Gasteiger partial charge in [-0.25, -0.2) is 9.37 Å². The molecular weight excluding hydrogens is 245 g/mol. The molecule has 1 aromatic carbocycles. The lowest BCUT2D eigenvalue weighted by molar-refractivity contribution is 0.386. The van der Waals surface area contributed by atoms with Crippen LogP contribution in [-0.2, 0) is 6.54 Å². The predicted molar refractivity (Wildman–Crippen MR) is 69.2 cm³/mol. The van der Waals surface area contributed by atoms with Crippen LogP contribution in [0.4, 0.5) is 10.1 Å². The van der Waals surface area contributed by atoms with Gasteiger partial charge in [0.2, 0.25) is 0 Å². The Kier molecular flexibility index (Phi) is 3.94. The van der Waals surface area contributed by atoms with Crippen LogP contribution in [0.25, 0.3) is 0 Å². The first kappa shape index (κ1) is 12.8. The fourth-order valence-electron chi connectivity index (χ4n) is 1.63. The van der Waals surface area contributed by atoms with Crippen molar-refractivity contribution in [2.45, 2.75) is 6.54 Å². The number of hydrogen-bond donors (Lipinski definition) is 1. The summed E-state index contributed by atoms with van der Waals surface area (Å²) in [7, 11) is 1.42. The fraction of sp³-hybridized carbons (Fsp3) is 0.143. The second-order valence-corrected chi connectivity index (χ2v) is 3.86. The lowest BCUT2D eigenvalue weighted by atomic mass is 10.2.